The zero-order valence-corrected chi connectivity index (χ0v) is 11.5. The maximum Gasteiger partial charge on any atom is 0.131 e. The van der Waals surface area contributed by atoms with Gasteiger partial charge in [-0.25, -0.2) is 9.97 Å². The van der Waals surface area contributed by atoms with E-state index in [0.29, 0.717) is 11.8 Å². The highest BCUT2D eigenvalue weighted by Gasteiger charge is 2.09. The molecule has 96 valence electrons. The zero-order chi connectivity index (χ0) is 12.8. The highest BCUT2D eigenvalue weighted by atomic mass is 15.0. The molecule has 0 atom stereocenters. The molecule has 0 aliphatic heterocycles. The lowest BCUT2D eigenvalue weighted by Gasteiger charge is -2.14. The highest BCUT2D eigenvalue weighted by Crippen LogP contribution is 2.16. The van der Waals surface area contributed by atoms with Crippen molar-refractivity contribution in [2.75, 3.05) is 18.9 Å². The van der Waals surface area contributed by atoms with Crippen molar-refractivity contribution < 1.29 is 0 Å². The second-order valence-corrected chi connectivity index (χ2v) is 5.05. The summed E-state index contributed by atoms with van der Waals surface area (Å²) in [5.41, 5.74) is 2.09. The fourth-order valence-corrected chi connectivity index (χ4v) is 1.47. The van der Waals surface area contributed by atoms with Crippen molar-refractivity contribution in [3.8, 4) is 0 Å². The molecule has 17 heavy (non-hydrogen) atoms. The van der Waals surface area contributed by atoms with Crippen LogP contribution < -0.4 is 10.6 Å². The van der Waals surface area contributed by atoms with Gasteiger partial charge in [-0.2, -0.15) is 0 Å². The Kier molecular flexibility index (Phi) is 5.35. The molecule has 0 spiro atoms. The number of rotatable bonds is 6. The molecule has 0 aliphatic rings. The third-order valence-electron chi connectivity index (χ3n) is 2.45. The van der Waals surface area contributed by atoms with Gasteiger partial charge in [-0.05, 0) is 13.0 Å². The van der Waals surface area contributed by atoms with Gasteiger partial charge in [0.15, 0.2) is 0 Å². The molecule has 0 aliphatic carbocycles. The molecular weight excluding hydrogens is 212 g/mol. The number of nitrogens with zero attached hydrogens (tertiary/aromatic N) is 2. The predicted molar refractivity (Wildman–Crippen MR) is 72.2 cm³/mol. The van der Waals surface area contributed by atoms with Gasteiger partial charge in [0.2, 0.25) is 0 Å². The molecule has 1 heterocycles. The Bertz CT molecular complexity index is 347. The van der Waals surface area contributed by atoms with Crippen molar-refractivity contribution in [1.82, 2.24) is 15.3 Å². The number of anilines is 1. The first-order valence-corrected chi connectivity index (χ1v) is 6.28. The molecule has 1 rings (SSSR count). The maximum atomic E-state index is 4.60. The summed E-state index contributed by atoms with van der Waals surface area (Å²) in [5.74, 6) is 1.89. The van der Waals surface area contributed by atoms with Crippen LogP contribution in [0.3, 0.4) is 0 Å². The van der Waals surface area contributed by atoms with Crippen molar-refractivity contribution in [1.29, 1.82) is 0 Å². The molecule has 0 saturated carbocycles. The lowest BCUT2D eigenvalue weighted by molar-refractivity contribution is 0.681. The van der Waals surface area contributed by atoms with Crippen LogP contribution in [0.2, 0.25) is 0 Å². The fourth-order valence-electron chi connectivity index (χ4n) is 1.47. The quantitative estimate of drug-likeness (QED) is 0.796. The summed E-state index contributed by atoms with van der Waals surface area (Å²) >= 11 is 0. The standard InChI is InChI=1S/C13H24N4/c1-9(2)6-15-11-8-16-13(10(3)4)17-12(11)7-14-5/h8-10,14-15H,6-7H2,1-5H3. The molecule has 4 heteroatoms. The van der Waals surface area contributed by atoms with E-state index in [1.807, 2.05) is 13.2 Å². The van der Waals surface area contributed by atoms with Crippen LogP contribution in [0, 0.1) is 5.92 Å². The van der Waals surface area contributed by atoms with Gasteiger partial charge in [0.05, 0.1) is 17.6 Å². The maximum absolute atomic E-state index is 4.60. The molecule has 2 N–H and O–H groups in total. The van der Waals surface area contributed by atoms with Crippen LogP contribution in [0.1, 0.15) is 45.1 Å². The van der Waals surface area contributed by atoms with Crippen molar-refractivity contribution in [2.45, 2.75) is 40.2 Å². The number of hydrogen-bond acceptors (Lipinski definition) is 4. The van der Waals surface area contributed by atoms with Crippen molar-refractivity contribution >= 4 is 5.69 Å². The van der Waals surface area contributed by atoms with E-state index in [1.165, 1.54) is 0 Å². The largest absolute Gasteiger partial charge is 0.382 e. The Morgan fingerprint density at radius 3 is 2.47 bits per heavy atom. The molecule has 4 nitrogen and oxygen atoms in total. The van der Waals surface area contributed by atoms with Gasteiger partial charge in [0.1, 0.15) is 5.82 Å². The summed E-state index contributed by atoms with van der Waals surface area (Å²) in [4.78, 5) is 9.00. The Morgan fingerprint density at radius 2 is 1.94 bits per heavy atom. The molecule has 0 bridgehead atoms. The van der Waals surface area contributed by atoms with Crippen molar-refractivity contribution in [2.24, 2.45) is 5.92 Å². The van der Waals surface area contributed by atoms with Gasteiger partial charge >= 0.3 is 0 Å². The average Bonchev–Trinajstić information content (AvgIpc) is 2.27. The summed E-state index contributed by atoms with van der Waals surface area (Å²) in [6.45, 7) is 10.3. The molecule has 0 aromatic carbocycles. The minimum atomic E-state index is 0.366. The van der Waals surface area contributed by atoms with E-state index in [9.17, 15) is 0 Å². The van der Waals surface area contributed by atoms with Gasteiger partial charge in [-0.3, -0.25) is 0 Å². The second kappa shape index (κ2) is 6.55. The minimum Gasteiger partial charge on any atom is -0.382 e. The Balaban J connectivity index is 2.87. The van der Waals surface area contributed by atoms with Gasteiger partial charge in [0.25, 0.3) is 0 Å². The highest BCUT2D eigenvalue weighted by molar-refractivity contribution is 5.46. The summed E-state index contributed by atoms with van der Waals surface area (Å²) in [6, 6.07) is 0. The lowest BCUT2D eigenvalue weighted by Crippen LogP contribution is -2.16. The van der Waals surface area contributed by atoms with E-state index in [4.69, 9.17) is 0 Å². The Labute approximate surface area is 104 Å². The predicted octanol–water partition coefficient (Wildman–Crippen LogP) is 2.39. The van der Waals surface area contributed by atoms with Gasteiger partial charge in [0, 0.05) is 19.0 Å². The lowest BCUT2D eigenvalue weighted by atomic mass is 10.2. The molecule has 0 fully saturated rings. The van der Waals surface area contributed by atoms with Crippen molar-refractivity contribution in [3.63, 3.8) is 0 Å². The average molecular weight is 236 g/mol. The third kappa shape index (κ3) is 4.30. The zero-order valence-electron chi connectivity index (χ0n) is 11.5. The van der Waals surface area contributed by atoms with Crippen LogP contribution in [0.15, 0.2) is 6.20 Å². The topological polar surface area (TPSA) is 49.8 Å². The van der Waals surface area contributed by atoms with E-state index < -0.39 is 0 Å². The number of nitrogens with one attached hydrogen (secondary N) is 2. The summed E-state index contributed by atoms with van der Waals surface area (Å²) in [5, 5.41) is 6.55. The second-order valence-electron chi connectivity index (χ2n) is 5.05. The van der Waals surface area contributed by atoms with E-state index in [0.717, 1.165) is 30.3 Å². The monoisotopic (exact) mass is 236 g/mol. The van der Waals surface area contributed by atoms with E-state index in [-0.39, 0.29) is 0 Å². The van der Waals surface area contributed by atoms with Gasteiger partial charge in [-0.15, -0.1) is 0 Å². The molecule has 1 aromatic heterocycles. The van der Waals surface area contributed by atoms with E-state index in [1.54, 1.807) is 0 Å². The number of hydrogen-bond donors (Lipinski definition) is 2. The third-order valence-corrected chi connectivity index (χ3v) is 2.45. The van der Waals surface area contributed by atoms with Crippen LogP contribution in [-0.4, -0.2) is 23.6 Å². The summed E-state index contributed by atoms with van der Waals surface area (Å²) < 4.78 is 0. The number of aromatic nitrogens is 2. The van der Waals surface area contributed by atoms with Crippen LogP contribution in [0.4, 0.5) is 5.69 Å². The molecule has 0 unspecified atom stereocenters. The smallest absolute Gasteiger partial charge is 0.131 e. The first-order chi connectivity index (χ1) is 8.04. The van der Waals surface area contributed by atoms with Gasteiger partial charge in [-0.1, -0.05) is 27.7 Å². The van der Waals surface area contributed by atoms with E-state index >= 15 is 0 Å². The van der Waals surface area contributed by atoms with Crippen LogP contribution >= 0.6 is 0 Å². The molecule has 0 amide bonds. The fraction of sp³-hybridized carbons (Fsp3) is 0.692. The SMILES string of the molecule is CNCc1nc(C(C)C)ncc1NCC(C)C. The van der Waals surface area contributed by atoms with Gasteiger partial charge < -0.3 is 10.6 Å². The van der Waals surface area contributed by atoms with E-state index in [2.05, 4.69) is 48.3 Å². The summed E-state index contributed by atoms with van der Waals surface area (Å²) in [7, 11) is 1.93. The molecule has 1 aromatic rings. The van der Waals surface area contributed by atoms with Crippen LogP contribution in [0.5, 0.6) is 0 Å². The molecule has 0 saturated heterocycles. The summed E-state index contributed by atoms with van der Waals surface area (Å²) in [6.07, 6.45) is 1.90. The normalized spacial score (nSPS) is 11.2. The molecule has 0 radical (unpaired) electrons. The van der Waals surface area contributed by atoms with Crippen LogP contribution in [-0.2, 0) is 6.54 Å². The molecular formula is C13H24N4. The Morgan fingerprint density at radius 1 is 1.24 bits per heavy atom. The van der Waals surface area contributed by atoms with Crippen LogP contribution in [0.25, 0.3) is 0 Å². The first kappa shape index (κ1) is 13.9. The van der Waals surface area contributed by atoms with Crippen molar-refractivity contribution in [3.05, 3.63) is 17.7 Å². The first-order valence-electron chi connectivity index (χ1n) is 6.28. The minimum absolute atomic E-state index is 0.366. The Hall–Kier alpha value is -1.16.